The SMILES string of the molecule is CSc1cnc2ccc(OC(SC)C(=O)NCc3nccs3)cc2c1. The number of thiazole rings is 1. The second-order valence-corrected chi connectivity index (χ2v) is 7.82. The number of rotatable bonds is 7. The third-order valence-corrected chi connectivity index (χ3v) is 5.64. The van der Waals surface area contributed by atoms with Crippen LogP contribution in [0.5, 0.6) is 5.75 Å². The van der Waals surface area contributed by atoms with E-state index in [-0.39, 0.29) is 5.91 Å². The first-order valence-electron chi connectivity index (χ1n) is 7.49. The predicted molar refractivity (Wildman–Crippen MR) is 105 cm³/mol. The summed E-state index contributed by atoms with van der Waals surface area (Å²) in [5.74, 6) is 0.482. The Hall–Kier alpha value is -1.77. The molecule has 3 aromatic rings. The van der Waals surface area contributed by atoms with Gasteiger partial charge < -0.3 is 10.1 Å². The number of hydrogen-bond acceptors (Lipinski definition) is 7. The van der Waals surface area contributed by atoms with E-state index < -0.39 is 5.44 Å². The average Bonchev–Trinajstić information content (AvgIpc) is 3.17. The number of carbonyl (C=O) groups is 1. The van der Waals surface area contributed by atoms with Crippen LogP contribution in [0.15, 0.2) is 46.9 Å². The lowest BCUT2D eigenvalue weighted by molar-refractivity contribution is -0.124. The first-order valence-corrected chi connectivity index (χ1v) is 10.9. The zero-order valence-corrected chi connectivity index (χ0v) is 16.2. The smallest absolute Gasteiger partial charge is 0.272 e. The zero-order valence-electron chi connectivity index (χ0n) is 13.8. The Morgan fingerprint density at radius 2 is 2.20 bits per heavy atom. The highest BCUT2D eigenvalue weighted by atomic mass is 32.2. The van der Waals surface area contributed by atoms with Crippen molar-refractivity contribution < 1.29 is 9.53 Å². The van der Waals surface area contributed by atoms with Crippen molar-refractivity contribution in [3.8, 4) is 5.75 Å². The molecule has 0 saturated carbocycles. The number of hydrogen-bond donors (Lipinski definition) is 1. The van der Waals surface area contributed by atoms with Crippen LogP contribution < -0.4 is 10.1 Å². The summed E-state index contributed by atoms with van der Waals surface area (Å²) < 4.78 is 5.88. The number of aromatic nitrogens is 2. The predicted octanol–water partition coefficient (Wildman–Crippen LogP) is 3.80. The van der Waals surface area contributed by atoms with E-state index in [9.17, 15) is 4.79 Å². The average molecular weight is 392 g/mol. The first-order chi connectivity index (χ1) is 12.2. The molecule has 0 aliphatic carbocycles. The second-order valence-electron chi connectivity index (χ2n) is 5.06. The van der Waals surface area contributed by atoms with Crippen LogP contribution in [0.3, 0.4) is 0 Å². The Balaban J connectivity index is 1.69. The standard InChI is InChI=1S/C17H17N3O2S3/c1-23-13-8-11-7-12(3-4-14(11)19-9-13)22-17(24-2)16(21)20-10-15-18-5-6-25-15/h3-9,17H,10H2,1-2H3,(H,20,21). The topological polar surface area (TPSA) is 64.1 Å². The van der Waals surface area contributed by atoms with E-state index in [0.29, 0.717) is 12.3 Å². The fraction of sp³-hybridized carbons (Fsp3) is 0.235. The summed E-state index contributed by atoms with van der Waals surface area (Å²) in [4.78, 5) is 22.0. The number of fused-ring (bicyclic) bond motifs is 1. The molecule has 2 aromatic heterocycles. The molecular formula is C17H17N3O2S3. The van der Waals surface area contributed by atoms with Gasteiger partial charge in [0.25, 0.3) is 5.91 Å². The van der Waals surface area contributed by atoms with E-state index >= 15 is 0 Å². The van der Waals surface area contributed by atoms with E-state index in [4.69, 9.17) is 4.74 Å². The Morgan fingerprint density at radius 1 is 1.32 bits per heavy atom. The van der Waals surface area contributed by atoms with Crippen molar-refractivity contribution in [2.75, 3.05) is 12.5 Å². The second kappa shape index (κ2) is 8.55. The summed E-state index contributed by atoms with van der Waals surface area (Å²) in [6.07, 6.45) is 7.44. The number of carbonyl (C=O) groups excluding carboxylic acids is 1. The van der Waals surface area contributed by atoms with E-state index in [1.807, 2.05) is 42.3 Å². The van der Waals surface area contributed by atoms with Crippen LogP contribution in [0.1, 0.15) is 5.01 Å². The molecule has 0 radical (unpaired) electrons. The molecule has 0 aliphatic heterocycles. The summed E-state index contributed by atoms with van der Waals surface area (Å²) >= 11 is 4.50. The molecule has 130 valence electrons. The molecule has 1 amide bonds. The highest BCUT2D eigenvalue weighted by Gasteiger charge is 2.19. The van der Waals surface area contributed by atoms with Crippen molar-refractivity contribution in [3.63, 3.8) is 0 Å². The van der Waals surface area contributed by atoms with Crippen LogP contribution in [0.25, 0.3) is 10.9 Å². The van der Waals surface area contributed by atoms with E-state index in [2.05, 4.69) is 21.4 Å². The van der Waals surface area contributed by atoms with Crippen LogP contribution in [-0.2, 0) is 11.3 Å². The van der Waals surface area contributed by atoms with Crippen molar-refractivity contribution in [2.24, 2.45) is 0 Å². The maximum absolute atomic E-state index is 12.3. The van der Waals surface area contributed by atoms with Gasteiger partial charge in [-0.1, -0.05) is 0 Å². The van der Waals surface area contributed by atoms with Crippen molar-refractivity contribution in [1.29, 1.82) is 0 Å². The van der Waals surface area contributed by atoms with Gasteiger partial charge in [0, 0.05) is 28.1 Å². The maximum atomic E-state index is 12.3. The lowest BCUT2D eigenvalue weighted by atomic mass is 10.2. The van der Waals surface area contributed by atoms with E-state index in [1.165, 1.54) is 23.1 Å². The van der Waals surface area contributed by atoms with Gasteiger partial charge in [0.2, 0.25) is 5.44 Å². The molecule has 5 nitrogen and oxygen atoms in total. The fourth-order valence-corrected chi connectivity index (χ4v) is 3.66. The molecule has 2 heterocycles. The van der Waals surface area contributed by atoms with Crippen molar-refractivity contribution in [2.45, 2.75) is 16.9 Å². The molecule has 0 fully saturated rings. The highest BCUT2D eigenvalue weighted by Crippen LogP contribution is 2.25. The highest BCUT2D eigenvalue weighted by molar-refractivity contribution is 7.99. The van der Waals surface area contributed by atoms with E-state index in [0.717, 1.165) is 20.8 Å². The Kier molecular flexibility index (Phi) is 6.17. The van der Waals surface area contributed by atoms with Gasteiger partial charge in [0.15, 0.2) is 0 Å². The Morgan fingerprint density at radius 3 is 2.92 bits per heavy atom. The molecule has 1 atom stereocenters. The lowest BCUT2D eigenvalue weighted by Gasteiger charge is -2.16. The Bertz CT molecular complexity index is 855. The molecule has 0 saturated heterocycles. The normalized spacial score (nSPS) is 12.1. The minimum Gasteiger partial charge on any atom is -0.470 e. The third-order valence-electron chi connectivity index (χ3n) is 3.43. The first kappa shape index (κ1) is 18.0. The summed E-state index contributed by atoms with van der Waals surface area (Å²) in [6.45, 7) is 0.412. The summed E-state index contributed by atoms with van der Waals surface area (Å²) in [6, 6.07) is 7.72. The molecular weight excluding hydrogens is 374 g/mol. The molecule has 25 heavy (non-hydrogen) atoms. The van der Waals surface area contributed by atoms with Crippen LogP contribution in [0, 0.1) is 0 Å². The molecule has 1 aromatic carbocycles. The molecule has 0 bridgehead atoms. The summed E-state index contributed by atoms with van der Waals surface area (Å²) in [7, 11) is 0. The molecule has 3 rings (SSSR count). The molecule has 1 unspecified atom stereocenters. The van der Waals surface area contributed by atoms with Crippen LogP contribution in [0.4, 0.5) is 0 Å². The minimum absolute atomic E-state index is 0.168. The van der Waals surface area contributed by atoms with Gasteiger partial charge in [0.1, 0.15) is 10.8 Å². The molecule has 0 aliphatic rings. The van der Waals surface area contributed by atoms with Crippen molar-refractivity contribution in [3.05, 3.63) is 47.0 Å². The number of nitrogens with one attached hydrogen (secondary N) is 1. The monoisotopic (exact) mass is 391 g/mol. The van der Waals surface area contributed by atoms with Crippen molar-refractivity contribution >= 4 is 51.7 Å². The van der Waals surface area contributed by atoms with Gasteiger partial charge in [-0.25, -0.2) is 4.98 Å². The number of ether oxygens (including phenoxy) is 1. The van der Waals surface area contributed by atoms with Gasteiger partial charge in [-0.2, -0.15) is 0 Å². The molecule has 1 N–H and O–H groups in total. The van der Waals surface area contributed by atoms with Crippen LogP contribution >= 0.6 is 34.9 Å². The minimum atomic E-state index is -0.617. The van der Waals surface area contributed by atoms with E-state index in [1.54, 1.807) is 18.0 Å². The third kappa shape index (κ3) is 4.65. The van der Waals surface area contributed by atoms with Gasteiger partial charge in [-0.05, 0) is 36.8 Å². The van der Waals surface area contributed by atoms with Gasteiger partial charge in [-0.15, -0.1) is 34.9 Å². The van der Waals surface area contributed by atoms with Gasteiger partial charge >= 0.3 is 0 Å². The summed E-state index contributed by atoms with van der Waals surface area (Å²) in [5.41, 5.74) is 0.285. The number of amides is 1. The van der Waals surface area contributed by atoms with Gasteiger partial charge in [0.05, 0.1) is 12.1 Å². The van der Waals surface area contributed by atoms with Crippen LogP contribution in [-0.4, -0.2) is 33.8 Å². The fourth-order valence-electron chi connectivity index (χ4n) is 2.19. The largest absolute Gasteiger partial charge is 0.470 e. The number of pyridine rings is 1. The maximum Gasteiger partial charge on any atom is 0.272 e. The summed E-state index contributed by atoms with van der Waals surface area (Å²) in [5, 5.41) is 6.61. The number of benzene rings is 1. The zero-order chi connectivity index (χ0) is 17.6. The van der Waals surface area contributed by atoms with Gasteiger partial charge in [-0.3, -0.25) is 9.78 Å². The molecule has 8 heteroatoms. The lowest BCUT2D eigenvalue weighted by Crippen LogP contribution is -2.35. The Labute approximate surface area is 158 Å². The number of thioether (sulfide) groups is 2. The van der Waals surface area contributed by atoms with Crippen molar-refractivity contribution in [1.82, 2.24) is 15.3 Å². The molecule has 0 spiro atoms. The quantitative estimate of drug-likeness (QED) is 0.488. The number of nitrogens with zero attached hydrogens (tertiary/aromatic N) is 2. The van der Waals surface area contributed by atoms with Crippen LogP contribution in [0.2, 0.25) is 0 Å².